The van der Waals surface area contributed by atoms with E-state index in [0.29, 0.717) is 34.8 Å². The first-order chi connectivity index (χ1) is 16.8. The molecule has 178 valence electrons. The Morgan fingerprint density at radius 2 is 2.06 bits per heavy atom. The fourth-order valence-electron chi connectivity index (χ4n) is 4.07. The maximum absolute atomic E-state index is 13.1. The Balaban J connectivity index is 1.37. The van der Waals surface area contributed by atoms with Gasteiger partial charge in [0.1, 0.15) is 23.0 Å². The third kappa shape index (κ3) is 4.28. The maximum Gasteiger partial charge on any atom is 0.311 e. The summed E-state index contributed by atoms with van der Waals surface area (Å²) in [7, 11) is 3.55. The van der Waals surface area contributed by atoms with E-state index in [1.165, 1.54) is 0 Å². The lowest BCUT2D eigenvalue weighted by Crippen LogP contribution is -2.10. The fourth-order valence-corrected chi connectivity index (χ4v) is 4.22. The van der Waals surface area contributed by atoms with Crippen LogP contribution in [-0.4, -0.2) is 28.6 Å². The number of ether oxygens (including phenoxy) is 3. The van der Waals surface area contributed by atoms with Crippen LogP contribution in [0.25, 0.3) is 17.0 Å². The van der Waals surface area contributed by atoms with Gasteiger partial charge in [-0.25, -0.2) is 0 Å². The first kappa shape index (κ1) is 22.7. The van der Waals surface area contributed by atoms with E-state index in [4.69, 9.17) is 30.3 Å². The Kier molecular flexibility index (Phi) is 5.82. The Morgan fingerprint density at radius 3 is 2.80 bits per heavy atom. The van der Waals surface area contributed by atoms with Crippen LogP contribution in [0.1, 0.15) is 33.7 Å². The van der Waals surface area contributed by atoms with Gasteiger partial charge in [0.15, 0.2) is 10.9 Å². The van der Waals surface area contributed by atoms with Crippen molar-refractivity contribution in [2.24, 2.45) is 7.05 Å². The quantitative estimate of drug-likeness (QED) is 0.205. The number of hydrogen-bond acceptors (Lipinski definition) is 7. The molecule has 0 aliphatic carbocycles. The van der Waals surface area contributed by atoms with Crippen molar-refractivity contribution in [2.45, 2.75) is 19.8 Å². The van der Waals surface area contributed by atoms with E-state index < -0.39 is 5.97 Å². The molecule has 1 aliphatic heterocycles. The Morgan fingerprint density at radius 1 is 1.23 bits per heavy atom. The van der Waals surface area contributed by atoms with Gasteiger partial charge >= 0.3 is 5.97 Å². The summed E-state index contributed by atoms with van der Waals surface area (Å²) in [5.41, 5.74) is 2.81. The van der Waals surface area contributed by atoms with Crippen LogP contribution < -0.4 is 14.2 Å². The molecule has 0 saturated heterocycles. The topological polar surface area (TPSA) is 92.8 Å². The SMILES string of the molecule is COc1ccc2c(c1)c(/C=C1\Oc3c(ccc(OC(=O)CCc4cc(Cl)no4)c3C)C1=O)cn2C. The van der Waals surface area contributed by atoms with Crippen LogP contribution in [0.2, 0.25) is 5.15 Å². The number of hydrogen-bond donors (Lipinski definition) is 0. The molecule has 0 radical (unpaired) electrons. The largest absolute Gasteiger partial charge is 0.497 e. The lowest BCUT2D eigenvalue weighted by atomic mass is 10.1. The summed E-state index contributed by atoms with van der Waals surface area (Å²) in [5.74, 6) is 1.43. The zero-order chi connectivity index (χ0) is 24.7. The van der Waals surface area contributed by atoms with Crippen LogP contribution >= 0.6 is 11.6 Å². The molecular weight excluding hydrogens is 472 g/mol. The van der Waals surface area contributed by atoms with Gasteiger partial charge in [-0.2, -0.15) is 0 Å². The molecule has 5 rings (SSSR count). The van der Waals surface area contributed by atoms with Gasteiger partial charge in [0.25, 0.3) is 0 Å². The van der Waals surface area contributed by atoms with Gasteiger partial charge in [0.2, 0.25) is 5.78 Å². The Hall–Kier alpha value is -4.04. The highest BCUT2D eigenvalue weighted by molar-refractivity contribution is 6.29. The molecule has 4 aromatic rings. The number of fused-ring (bicyclic) bond motifs is 2. The second-order valence-electron chi connectivity index (χ2n) is 8.17. The molecule has 0 fully saturated rings. The third-order valence-corrected chi connectivity index (χ3v) is 6.06. The van der Waals surface area contributed by atoms with Crippen molar-refractivity contribution in [1.82, 2.24) is 9.72 Å². The lowest BCUT2D eigenvalue weighted by molar-refractivity contribution is -0.134. The minimum absolute atomic E-state index is 0.0809. The number of carbonyl (C=O) groups excluding carboxylic acids is 2. The van der Waals surface area contributed by atoms with E-state index in [9.17, 15) is 9.59 Å². The molecule has 0 atom stereocenters. The molecule has 3 heterocycles. The Labute approximate surface area is 205 Å². The van der Waals surface area contributed by atoms with E-state index >= 15 is 0 Å². The minimum atomic E-state index is -0.453. The molecule has 0 spiro atoms. The smallest absolute Gasteiger partial charge is 0.311 e. The maximum atomic E-state index is 13.1. The zero-order valence-electron chi connectivity index (χ0n) is 19.3. The van der Waals surface area contributed by atoms with Crippen molar-refractivity contribution < 1.29 is 28.3 Å². The van der Waals surface area contributed by atoms with Crippen LogP contribution in [0.4, 0.5) is 0 Å². The van der Waals surface area contributed by atoms with Crippen LogP contribution in [-0.2, 0) is 18.3 Å². The highest BCUT2D eigenvalue weighted by atomic mass is 35.5. The molecule has 35 heavy (non-hydrogen) atoms. The normalized spacial score (nSPS) is 13.8. The van der Waals surface area contributed by atoms with Crippen molar-refractivity contribution in [2.75, 3.05) is 7.11 Å². The number of allylic oxidation sites excluding steroid dienone is 1. The molecule has 0 unspecified atom stereocenters. The Bertz CT molecular complexity index is 1510. The van der Waals surface area contributed by atoms with Gasteiger partial charge in [-0.15, -0.1) is 0 Å². The molecule has 0 saturated carbocycles. The van der Waals surface area contributed by atoms with Crippen molar-refractivity contribution in [1.29, 1.82) is 0 Å². The average Bonchev–Trinajstić information content (AvgIpc) is 3.50. The van der Waals surface area contributed by atoms with Crippen molar-refractivity contribution in [3.63, 3.8) is 0 Å². The molecule has 0 bridgehead atoms. The summed E-state index contributed by atoms with van der Waals surface area (Å²) in [5, 5.41) is 4.75. The first-order valence-electron chi connectivity index (χ1n) is 10.9. The number of ketones is 1. The molecule has 2 aromatic heterocycles. The van der Waals surface area contributed by atoms with Gasteiger partial charge in [0.05, 0.1) is 19.1 Å². The third-order valence-electron chi connectivity index (χ3n) is 5.88. The van der Waals surface area contributed by atoms with E-state index in [1.54, 1.807) is 38.3 Å². The number of rotatable bonds is 6. The van der Waals surface area contributed by atoms with Crippen LogP contribution in [0.3, 0.4) is 0 Å². The molecule has 2 aromatic carbocycles. The van der Waals surface area contributed by atoms with E-state index in [1.807, 2.05) is 36.0 Å². The fraction of sp³-hybridized carbons (Fsp3) is 0.192. The summed E-state index contributed by atoms with van der Waals surface area (Å²) in [6.45, 7) is 1.75. The number of carbonyl (C=O) groups is 2. The second-order valence-corrected chi connectivity index (χ2v) is 8.56. The van der Waals surface area contributed by atoms with Gasteiger partial charge < -0.3 is 23.3 Å². The lowest BCUT2D eigenvalue weighted by Gasteiger charge is -2.09. The summed E-state index contributed by atoms with van der Waals surface area (Å²) < 4.78 is 23.8. The highest BCUT2D eigenvalue weighted by Crippen LogP contribution is 2.40. The number of Topliss-reactive ketones (excluding diaryl/α,β-unsaturated/α-hetero) is 1. The zero-order valence-corrected chi connectivity index (χ0v) is 20.0. The molecule has 9 heteroatoms. The van der Waals surface area contributed by atoms with Crippen LogP contribution in [0, 0.1) is 6.92 Å². The molecular formula is C26H21ClN2O6. The van der Waals surface area contributed by atoms with Gasteiger partial charge in [-0.1, -0.05) is 16.8 Å². The number of nitrogens with zero attached hydrogens (tertiary/aromatic N) is 2. The van der Waals surface area contributed by atoms with Gasteiger partial charge in [0, 0.05) is 47.8 Å². The number of aryl methyl sites for hydroxylation is 2. The summed E-state index contributed by atoms with van der Waals surface area (Å²) >= 11 is 5.72. The van der Waals surface area contributed by atoms with E-state index in [-0.39, 0.29) is 23.1 Å². The number of benzene rings is 2. The monoisotopic (exact) mass is 492 g/mol. The average molecular weight is 493 g/mol. The highest BCUT2D eigenvalue weighted by Gasteiger charge is 2.31. The summed E-state index contributed by atoms with van der Waals surface area (Å²) in [6.07, 6.45) is 4.04. The first-order valence-corrected chi connectivity index (χ1v) is 11.2. The number of esters is 1. The van der Waals surface area contributed by atoms with Crippen LogP contribution in [0.15, 0.2) is 52.9 Å². The number of halogens is 1. The van der Waals surface area contributed by atoms with Crippen LogP contribution in [0.5, 0.6) is 17.2 Å². The molecule has 8 nitrogen and oxygen atoms in total. The van der Waals surface area contributed by atoms with Crippen molar-refractivity contribution >= 4 is 40.3 Å². The van der Waals surface area contributed by atoms with Crippen molar-refractivity contribution in [3.8, 4) is 17.2 Å². The molecule has 0 amide bonds. The predicted octanol–water partition coefficient (Wildman–Crippen LogP) is 5.29. The second kappa shape index (κ2) is 8.96. The predicted molar refractivity (Wildman–Crippen MR) is 129 cm³/mol. The number of methoxy groups -OCH3 is 1. The molecule has 0 N–H and O–H groups in total. The van der Waals surface area contributed by atoms with Gasteiger partial charge in [-0.3, -0.25) is 9.59 Å². The van der Waals surface area contributed by atoms with Gasteiger partial charge in [-0.05, 0) is 43.3 Å². The summed E-state index contributed by atoms with van der Waals surface area (Å²) in [4.78, 5) is 25.4. The van der Waals surface area contributed by atoms with Crippen molar-refractivity contribution in [3.05, 3.63) is 76.0 Å². The van der Waals surface area contributed by atoms with E-state index in [0.717, 1.165) is 22.2 Å². The standard InChI is InChI=1S/C26H21ClN2O6/c1-14-21(33-24(30)9-5-17-12-23(27)28-35-17)8-6-18-25(31)22(34-26(14)18)10-15-13-29(2)20-7-4-16(32-3)11-19(15)20/h4,6-8,10-13H,5,9H2,1-3H3/b22-10-. The number of aromatic nitrogens is 2. The minimum Gasteiger partial charge on any atom is -0.497 e. The molecule has 1 aliphatic rings. The van der Waals surface area contributed by atoms with E-state index in [2.05, 4.69) is 5.16 Å². The summed E-state index contributed by atoms with van der Waals surface area (Å²) in [6, 6.07) is 10.5.